The molecule has 0 aliphatic carbocycles. The second kappa shape index (κ2) is 6.31. The Kier molecular flexibility index (Phi) is 4.49. The van der Waals surface area contributed by atoms with Gasteiger partial charge in [0.15, 0.2) is 0 Å². The number of nitrogens with zero attached hydrogens (tertiary/aromatic N) is 3. The van der Waals surface area contributed by atoms with Crippen molar-refractivity contribution in [3.05, 3.63) is 28.4 Å². The van der Waals surface area contributed by atoms with Gasteiger partial charge in [0.25, 0.3) is 5.69 Å². The van der Waals surface area contributed by atoms with Crippen molar-refractivity contribution in [1.82, 2.24) is 4.98 Å². The van der Waals surface area contributed by atoms with Crippen molar-refractivity contribution in [1.29, 1.82) is 0 Å². The van der Waals surface area contributed by atoms with E-state index in [9.17, 15) is 14.9 Å². The van der Waals surface area contributed by atoms with Gasteiger partial charge in [-0.15, -0.1) is 0 Å². The number of hydrogen-bond donors (Lipinski definition) is 1. The van der Waals surface area contributed by atoms with Crippen LogP contribution in [0.3, 0.4) is 0 Å². The zero-order chi connectivity index (χ0) is 14.5. The molecule has 7 heteroatoms. The van der Waals surface area contributed by atoms with Crippen molar-refractivity contribution >= 4 is 17.5 Å². The largest absolute Gasteiger partial charge is 0.481 e. The summed E-state index contributed by atoms with van der Waals surface area (Å²) in [5.41, 5.74) is -0.0344. The second-order valence-electron chi connectivity index (χ2n) is 4.91. The van der Waals surface area contributed by atoms with E-state index in [1.54, 1.807) is 6.07 Å². The summed E-state index contributed by atoms with van der Waals surface area (Å²) < 4.78 is 0. The first-order valence-electron chi connectivity index (χ1n) is 6.67. The van der Waals surface area contributed by atoms with E-state index in [1.165, 1.54) is 12.3 Å². The number of hydrogen-bond acceptors (Lipinski definition) is 5. The molecular formula is C13H17N3O4. The molecule has 1 aliphatic heterocycles. The Balaban J connectivity index is 2.10. The molecule has 1 unspecified atom stereocenters. The number of anilines is 1. The molecule has 1 N–H and O–H groups in total. The van der Waals surface area contributed by atoms with Crippen molar-refractivity contribution in [2.24, 2.45) is 0 Å². The Labute approximate surface area is 116 Å². The minimum absolute atomic E-state index is 0.0344. The lowest BCUT2D eigenvalue weighted by atomic mass is 9.98. The fourth-order valence-corrected chi connectivity index (χ4v) is 2.55. The van der Waals surface area contributed by atoms with Gasteiger partial charge in [-0.25, -0.2) is 4.98 Å². The fourth-order valence-electron chi connectivity index (χ4n) is 2.55. The Morgan fingerprint density at radius 2 is 2.30 bits per heavy atom. The molecule has 1 aromatic rings. The number of piperidine rings is 1. The SMILES string of the molecule is O=C(O)CCC1CCCCN1c1ccc([N+](=O)[O-])cn1. The van der Waals surface area contributed by atoms with Crippen molar-refractivity contribution < 1.29 is 14.8 Å². The van der Waals surface area contributed by atoms with Crippen LogP contribution in [0.25, 0.3) is 0 Å². The van der Waals surface area contributed by atoms with Crippen LogP contribution in [0.5, 0.6) is 0 Å². The van der Waals surface area contributed by atoms with Gasteiger partial charge in [-0.1, -0.05) is 0 Å². The number of carbonyl (C=O) groups is 1. The van der Waals surface area contributed by atoms with Crippen molar-refractivity contribution in [2.45, 2.75) is 38.1 Å². The number of carboxylic acids is 1. The summed E-state index contributed by atoms with van der Waals surface area (Å²) in [6, 6.07) is 3.22. The lowest BCUT2D eigenvalue weighted by Gasteiger charge is -2.36. The molecule has 2 rings (SSSR count). The molecule has 0 amide bonds. The van der Waals surface area contributed by atoms with E-state index in [-0.39, 0.29) is 18.2 Å². The molecule has 0 spiro atoms. The number of rotatable bonds is 5. The highest BCUT2D eigenvalue weighted by molar-refractivity contribution is 5.66. The monoisotopic (exact) mass is 279 g/mol. The van der Waals surface area contributed by atoms with Crippen LogP contribution in [-0.2, 0) is 4.79 Å². The Hall–Kier alpha value is -2.18. The maximum absolute atomic E-state index is 10.7. The second-order valence-corrected chi connectivity index (χ2v) is 4.91. The topological polar surface area (TPSA) is 96.6 Å². The van der Waals surface area contributed by atoms with Gasteiger partial charge in [0.2, 0.25) is 0 Å². The molecule has 1 saturated heterocycles. The first-order chi connectivity index (χ1) is 9.58. The number of aliphatic carboxylic acids is 1. The highest BCUT2D eigenvalue weighted by atomic mass is 16.6. The quantitative estimate of drug-likeness (QED) is 0.655. The maximum Gasteiger partial charge on any atom is 0.303 e. The highest BCUT2D eigenvalue weighted by Crippen LogP contribution is 2.26. The van der Waals surface area contributed by atoms with Gasteiger partial charge in [-0.2, -0.15) is 0 Å². The maximum atomic E-state index is 10.7. The highest BCUT2D eigenvalue weighted by Gasteiger charge is 2.24. The van der Waals surface area contributed by atoms with E-state index in [0.717, 1.165) is 25.8 Å². The number of carboxylic acid groups (broad SMARTS) is 1. The number of nitro groups is 1. The van der Waals surface area contributed by atoms with Crippen LogP contribution in [-0.4, -0.2) is 33.6 Å². The molecule has 7 nitrogen and oxygen atoms in total. The normalized spacial score (nSPS) is 18.8. The lowest BCUT2D eigenvalue weighted by Crippen LogP contribution is -2.40. The minimum atomic E-state index is -0.799. The molecule has 0 aromatic carbocycles. The molecule has 20 heavy (non-hydrogen) atoms. The van der Waals surface area contributed by atoms with Gasteiger partial charge >= 0.3 is 5.97 Å². The van der Waals surface area contributed by atoms with Crippen molar-refractivity contribution in [3.63, 3.8) is 0 Å². The molecule has 108 valence electrons. The molecule has 1 aliphatic rings. The smallest absolute Gasteiger partial charge is 0.303 e. The van der Waals surface area contributed by atoms with E-state index < -0.39 is 10.9 Å². The molecule has 1 atom stereocenters. The molecule has 1 aromatic heterocycles. The van der Waals surface area contributed by atoms with E-state index in [0.29, 0.717) is 12.2 Å². The lowest BCUT2D eigenvalue weighted by molar-refractivity contribution is -0.385. The van der Waals surface area contributed by atoms with Gasteiger partial charge < -0.3 is 10.0 Å². The van der Waals surface area contributed by atoms with E-state index in [1.807, 2.05) is 0 Å². The van der Waals surface area contributed by atoms with Crippen molar-refractivity contribution in [2.75, 3.05) is 11.4 Å². The third kappa shape index (κ3) is 3.43. The summed E-state index contributed by atoms with van der Waals surface area (Å²) >= 11 is 0. The van der Waals surface area contributed by atoms with Crippen LogP contribution in [0, 0.1) is 10.1 Å². The summed E-state index contributed by atoms with van der Waals surface area (Å²) in [5.74, 6) is -0.113. The fraction of sp³-hybridized carbons (Fsp3) is 0.538. The molecule has 0 bridgehead atoms. The van der Waals surface area contributed by atoms with Gasteiger partial charge in [-0.3, -0.25) is 14.9 Å². The van der Waals surface area contributed by atoms with Gasteiger partial charge in [0.1, 0.15) is 12.0 Å². The average molecular weight is 279 g/mol. The Bertz CT molecular complexity index is 489. The van der Waals surface area contributed by atoms with Gasteiger partial charge in [0, 0.05) is 25.1 Å². The first kappa shape index (κ1) is 14.2. The average Bonchev–Trinajstić information content (AvgIpc) is 2.45. The molecule has 1 fully saturated rings. The zero-order valence-corrected chi connectivity index (χ0v) is 11.1. The Morgan fingerprint density at radius 1 is 1.50 bits per heavy atom. The predicted octanol–water partition coefficient (Wildman–Crippen LogP) is 2.21. The summed E-state index contributed by atoms with van der Waals surface area (Å²) in [4.78, 5) is 27.0. The van der Waals surface area contributed by atoms with Crippen LogP contribution < -0.4 is 4.90 Å². The molecular weight excluding hydrogens is 262 g/mol. The van der Waals surface area contributed by atoms with Crippen molar-refractivity contribution in [3.8, 4) is 0 Å². The third-order valence-electron chi connectivity index (χ3n) is 3.56. The van der Waals surface area contributed by atoms with Gasteiger partial charge in [-0.05, 0) is 31.7 Å². The van der Waals surface area contributed by atoms with Crippen LogP contribution in [0.15, 0.2) is 18.3 Å². The molecule has 0 saturated carbocycles. The molecule has 2 heterocycles. The van der Waals surface area contributed by atoms with Gasteiger partial charge in [0.05, 0.1) is 4.92 Å². The summed E-state index contributed by atoms with van der Waals surface area (Å²) in [7, 11) is 0. The Morgan fingerprint density at radius 3 is 2.90 bits per heavy atom. The number of pyridine rings is 1. The van der Waals surface area contributed by atoms with Crippen LogP contribution in [0.1, 0.15) is 32.1 Å². The van der Waals surface area contributed by atoms with E-state index in [4.69, 9.17) is 5.11 Å². The standard InChI is InChI=1S/C13H17N3O4/c17-13(18)7-5-10-3-1-2-8-15(10)12-6-4-11(9-14-12)16(19)20/h4,6,9-10H,1-3,5,7-8H2,(H,17,18). The van der Waals surface area contributed by atoms with E-state index >= 15 is 0 Å². The minimum Gasteiger partial charge on any atom is -0.481 e. The predicted molar refractivity (Wildman–Crippen MR) is 72.7 cm³/mol. The zero-order valence-electron chi connectivity index (χ0n) is 11.1. The summed E-state index contributed by atoms with van der Waals surface area (Å²) in [6.45, 7) is 0.815. The first-order valence-corrected chi connectivity index (χ1v) is 6.67. The summed E-state index contributed by atoms with van der Waals surface area (Å²) in [6.07, 6.45) is 5.00. The van der Waals surface area contributed by atoms with E-state index in [2.05, 4.69) is 9.88 Å². The van der Waals surface area contributed by atoms with Crippen LogP contribution in [0.2, 0.25) is 0 Å². The number of aromatic nitrogens is 1. The van der Waals surface area contributed by atoms with Crippen LogP contribution >= 0.6 is 0 Å². The summed E-state index contributed by atoms with van der Waals surface area (Å²) in [5, 5.41) is 19.4. The molecule has 0 radical (unpaired) electrons. The van der Waals surface area contributed by atoms with Crippen LogP contribution in [0.4, 0.5) is 11.5 Å². The third-order valence-corrected chi connectivity index (χ3v) is 3.56.